The van der Waals surface area contributed by atoms with Gasteiger partial charge in [0.1, 0.15) is 6.10 Å². The van der Waals surface area contributed by atoms with E-state index in [9.17, 15) is 4.79 Å². The van der Waals surface area contributed by atoms with Crippen molar-refractivity contribution >= 4 is 16.7 Å². The zero-order chi connectivity index (χ0) is 25.4. The third-order valence-corrected chi connectivity index (χ3v) is 7.38. The average molecular weight is 483 g/mol. The quantitative estimate of drug-likeness (QED) is 0.148. The molecular formula is C32H50O3. The number of methoxy groups -OCH3 is 1. The van der Waals surface area contributed by atoms with Crippen molar-refractivity contribution in [1.29, 1.82) is 0 Å². The van der Waals surface area contributed by atoms with Gasteiger partial charge in [0, 0.05) is 12.7 Å². The number of benzene rings is 2. The van der Waals surface area contributed by atoms with Crippen LogP contribution in [0.5, 0.6) is 0 Å². The summed E-state index contributed by atoms with van der Waals surface area (Å²) in [7, 11) is 1.61. The highest BCUT2D eigenvalue weighted by atomic mass is 16.6. The van der Waals surface area contributed by atoms with Gasteiger partial charge in [0.05, 0.1) is 0 Å². The number of hydrogen-bond donors (Lipinski definition) is 0. The van der Waals surface area contributed by atoms with Crippen LogP contribution in [-0.2, 0) is 19.9 Å². The molecule has 0 spiro atoms. The summed E-state index contributed by atoms with van der Waals surface area (Å²) in [6.07, 6.45) is 18.3. The van der Waals surface area contributed by atoms with Gasteiger partial charge >= 0.3 is 5.97 Å². The van der Waals surface area contributed by atoms with Crippen LogP contribution in [0.25, 0.3) is 10.8 Å². The van der Waals surface area contributed by atoms with E-state index in [0.717, 1.165) is 42.0 Å². The lowest BCUT2D eigenvalue weighted by molar-refractivity contribution is -0.174. The van der Waals surface area contributed by atoms with Crippen molar-refractivity contribution < 1.29 is 14.3 Å². The highest BCUT2D eigenvalue weighted by Gasteiger charge is 2.39. The number of ether oxygens (including phenoxy) is 2. The zero-order valence-corrected chi connectivity index (χ0v) is 23.0. The molecule has 0 aromatic heterocycles. The number of unbranched alkanes of at least 4 members (excludes halogenated alkanes) is 11. The molecule has 3 heteroatoms. The van der Waals surface area contributed by atoms with Crippen LogP contribution in [-0.4, -0.2) is 19.2 Å². The summed E-state index contributed by atoms with van der Waals surface area (Å²) in [6, 6.07) is 14.2. The Kier molecular flexibility index (Phi) is 14.0. The summed E-state index contributed by atoms with van der Waals surface area (Å²) >= 11 is 0. The largest absolute Gasteiger partial charge is 0.460 e. The van der Waals surface area contributed by atoms with Crippen LogP contribution in [0.4, 0.5) is 0 Å². The van der Waals surface area contributed by atoms with Crippen LogP contribution in [0.15, 0.2) is 42.5 Å². The van der Waals surface area contributed by atoms with Gasteiger partial charge in [-0.2, -0.15) is 0 Å². The van der Waals surface area contributed by atoms with E-state index in [1.807, 2.05) is 31.2 Å². The van der Waals surface area contributed by atoms with E-state index in [-0.39, 0.29) is 12.1 Å². The maximum absolute atomic E-state index is 13.6. The van der Waals surface area contributed by atoms with Gasteiger partial charge in [-0.25, -0.2) is 4.79 Å². The Morgan fingerprint density at radius 3 is 1.83 bits per heavy atom. The van der Waals surface area contributed by atoms with Crippen LogP contribution in [0.2, 0.25) is 0 Å². The van der Waals surface area contributed by atoms with Crippen molar-refractivity contribution in [2.75, 3.05) is 7.11 Å². The van der Waals surface area contributed by atoms with Crippen LogP contribution < -0.4 is 0 Å². The number of rotatable bonds is 19. The SMILES string of the molecule is CCCCCCCCCC(CCCCCCCC)OC(=O)[C@@](C)(OC)c1cccc2ccccc12. The lowest BCUT2D eigenvalue weighted by atomic mass is 9.90. The lowest BCUT2D eigenvalue weighted by Gasteiger charge is -2.30. The Bertz CT molecular complexity index is 840. The molecule has 0 amide bonds. The molecule has 0 aliphatic rings. The molecule has 2 rings (SSSR count). The highest BCUT2D eigenvalue weighted by molar-refractivity contribution is 5.92. The molecule has 2 aromatic rings. The minimum absolute atomic E-state index is 0.0335. The predicted octanol–water partition coefficient (Wildman–Crippen LogP) is 9.50. The first-order valence-corrected chi connectivity index (χ1v) is 14.3. The van der Waals surface area contributed by atoms with E-state index in [1.54, 1.807) is 7.11 Å². The average Bonchev–Trinajstić information content (AvgIpc) is 2.89. The molecule has 2 atom stereocenters. The van der Waals surface area contributed by atoms with E-state index in [1.165, 1.54) is 70.6 Å². The molecule has 2 aromatic carbocycles. The summed E-state index contributed by atoms with van der Waals surface area (Å²) < 4.78 is 12.1. The van der Waals surface area contributed by atoms with E-state index in [4.69, 9.17) is 9.47 Å². The third kappa shape index (κ3) is 9.60. The second kappa shape index (κ2) is 16.7. The van der Waals surface area contributed by atoms with E-state index in [2.05, 4.69) is 32.0 Å². The molecule has 0 saturated carbocycles. The fourth-order valence-corrected chi connectivity index (χ4v) is 4.95. The first-order valence-electron chi connectivity index (χ1n) is 14.3. The van der Waals surface area contributed by atoms with Crippen LogP contribution >= 0.6 is 0 Å². The van der Waals surface area contributed by atoms with E-state index >= 15 is 0 Å². The summed E-state index contributed by atoms with van der Waals surface area (Å²) in [5.41, 5.74) is -0.252. The van der Waals surface area contributed by atoms with Gasteiger partial charge < -0.3 is 9.47 Å². The predicted molar refractivity (Wildman–Crippen MR) is 149 cm³/mol. The molecule has 0 radical (unpaired) electrons. The maximum atomic E-state index is 13.6. The fourth-order valence-electron chi connectivity index (χ4n) is 4.95. The summed E-state index contributed by atoms with van der Waals surface area (Å²) in [6.45, 7) is 6.36. The Morgan fingerprint density at radius 2 is 1.26 bits per heavy atom. The summed E-state index contributed by atoms with van der Waals surface area (Å²) in [5, 5.41) is 2.14. The summed E-state index contributed by atoms with van der Waals surface area (Å²) in [4.78, 5) is 13.6. The topological polar surface area (TPSA) is 35.5 Å². The number of carbonyl (C=O) groups excluding carboxylic acids is 1. The van der Waals surface area contributed by atoms with Crippen LogP contribution in [0, 0.1) is 0 Å². The highest BCUT2D eigenvalue weighted by Crippen LogP contribution is 2.33. The lowest BCUT2D eigenvalue weighted by Crippen LogP contribution is -2.38. The van der Waals surface area contributed by atoms with Crippen molar-refractivity contribution in [3.63, 3.8) is 0 Å². The van der Waals surface area contributed by atoms with Gasteiger partial charge in [0.25, 0.3) is 0 Å². The second-order valence-electron chi connectivity index (χ2n) is 10.3. The van der Waals surface area contributed by atoms with Gasteiger partial charge in [-0.15, -0.1) is 0 Å². The smallest absolute Gasteiger partial charge is 0.343 e. The Morgan fingerprint density at radius 1 is 0.743 bits per heavy atom. The molecule has 0 saturated heterocycles. The fraction of sp³-hybridized carbons (Fsp3) is 0.656. The van der Waals surface area contributed by atoms with Crippen molar-refractivity contribution in [1.82, 2.24) is 0 Å². The minimum atomic E-state index is -1.12. The molecule has 0 fully saturated rings. The minimum Gasteiger partial charge on any atom is -0.460 e. The zero-order valence-electron chi connectivity index (χ0n) is 23.0. The van der Waals surface area contributed by atoms with Crippen LogP contribution in [0.1, 0.15) is 123 Å². The first-order chi connectivity index (χ1) is 17.1. The molecule has 0 aliphatic heterocycles. The van der Waals surface area contributed by atoms with E-state index in [0.29, 0.717) is 0 Å². The van der Waals surface area contributed by atoms with Crippen molar-refractivity contribution in [3.8, 4) is 0 Å². The Balaban J connectivity index is 2.02. The van der Waals surface area contributed by atoms with Gasteiger partial charge in [-0.05, 0) is 43.4 Å². The molecule has 1 unspecified atom stereocenters. The molecule has 196 valence electrons. The van der Waals surface area contributed by atoms with E-state index < -0.39 is 5.60 Å². The van der Waals surface area contributed by atoms with Crippen molar-refractivity contribution in [2.24, 2.45) is 0 Å². The van der Waals surface area contributed by atoms with Crippen molar-refractivity contribution in [3.05, 3.63) is 48.0 Å². The first kappa shape index (κ1) is 29.4. The van der Waals surface area contributed by atoms with Gasteiger partial charge in [-0.1, -0.05) is 127 Å². The molecular weight excluding hydrogens is 432 g/mol. The molecule has 0 aliphatic carbocycles. The second-order valence-corrected chi connectivity index (χ2v) is 10.3. The van der Waals surface area contributed by atoms with Crippen molar-refractivity contribution in [2.45, 2.75) is 129 Å². The third-order valence-electron chi connectivity index (χ3n) is 7.38. The standard InChI is InChI=1S/C32H50O3/c1-5-7-9-11-13-15-17-24-28(23-16-14-12-10-8-6-2)35-31(33)32(3,34-4)30-26-20-22-27-21-18-19-25-29(27)30/h18-22,25-26,28H,5-17,23-24H2,1-4H3/t28?,32-/m0/s1. The number of carbonyl (C=O) groups is 1. The normalized spacial score (nSPS) is 14.1. The molecule has 0 bridgehead atoms. The Labute approximate surface area is 215 Å². The number of fused-ring (bicyclic) bond motifs is 1. The monoisotopic (exact) mass is 482 g/mol. The molecule has 3 nitrogen and oxygen atoms in total. The molecule has 0 N–H and O–H groups in total. The number of hydrogen-bond acceptors (Lipinski definition) is 3. The van der Waals surface area contributed by atoms with Gasteiger partial charge in [0.15, 0.2) is 5.60 Å². The van der Waals surface area contributed by atoms with Gasteiger partial charge in [0.2, 0.25) is 0 Å². The number of esters is 1. The molecule has 35 heavy (non-hydrogen) atoms. The van der Waals surface area contributed by atoms with Gasteiger partial charge in [-0.3, -0.25) is 0 Å². The Hall–Kier alpha value is -1.87. The van der Waals surface area contributed by atoms with Crippen LogP contribution in [0.3, 0.4) is 0 Å². The summed E-state index contributed by atoms with van der Waals surface area (Å²) in [5.74, 6) is -0.268. The molecule has 0 heterocycles. The maximum Gasteiger partial charge on any atom is 0.343 e.